The number of hydrogen-bond acceptors (Lipinski definition) is 2. The van der Waals surface area contributed by atoms with Crippen LogP contribution < -0.4 is 0 Å². The largest absolute Gasteiger partial charge is 0.303 e. The maximum Gasteiger partial charge on any atom is 0.0385 e. The van der Waals surface area contributed by atoms with Crippen LogP contribution in [0.3, 0.4) is 0 Å². The maximum absolute atomic E-state index is 8.10. The monoisotopic (exact) mass is 166 g/mol. The zero-order chi connectivity index (χ0) is 8.44. The molecule has 0 unspecified atom stereocenters. The molecule has 2 fully saturated rings. The summed E-state index contributed by atoms with van der Waals surface area (Å²) in [6.45, 7) is 4.04. The van der Waals surface area contributed by atoms with Crippen molar-refractivity contribution in [1.29, 1.82) is 0 Å². The fourth-order valence-electron chi connectivity index (χ4n) is 2.03. The first-order valence-corrected chi connectivity index (χ1v) is 4.58. The Kier molecular flexibility index (Phi) is 1.95. The molecule has 4 nitrogen and oxygen atoms in total. The molecule has 2 rings (SSSR count). The van der Waals surface area contributed by atoms with E-state index in [4.69, 9.17) is 5.53 Å². The lowest BCUT2D eigenvalue weighted by atomic mass is 10.1. The number of nitrogens with zero attached hydrogens (tertiary/aromatic N) is 4. The average Bonchev–Trinajstić information content (AvgIpc) is 2.68. The van der Waals surface area contributed by atoms with E-state index in [1.165, 1.54) is 32.4 Å². The lowest BCUT2D eigenvalue weighted by Crippen LogP contribution is -2.23. The Bertz CT molecular complexity index is 215. The van der Waals surface area contributed by atoms with Crippen molar-refractivity contribution >= 4 is 0 Å². The smallest absolute Gasteiger partial charge is 0.0385 e. The molecule has 1 saturated heterocycles. The van der Waals surface area contributed by atoms with Crippen LogP contribution >= 0.6 is 0 Å². The highest BCUT2D eigenvalue weighted by atomic mass is 15.2. The van der Waals surface area contributed by atoms with Gasteiger partial charge in [-0.3, -0.25) is 0 Å². The topological polar surface area (TPSA) is 52.0 Å². The first-order valence-electron chi connectivity index (χ1n) is 4.58. The Morgan fingerprint density at radius 1 is 1.42 bits per heavy atom. The molecule has 0 atom stereocenters. The van der Waals surface area contributed by atoms with Crippen molar-refractivity contribution in [2.24, 2.45) is 10.5 Å². The highest BCUT2D eigenvalue weighted by Gasteiger charge is 2.47. The SMILES string of the molecule is [N-]=[N+]=NCCN1CCC2(CC2)C1. The molecule has 4 heteroatoms. The van der Waals surface area contributed by atoms with Crippen molar-refractivity contribution in [3.63, 3.8) is 0 Å². The first-order chi connectivity index (χ1) is 5.85. The minimum absolute atomic E-state index is 0.632. The summed E-state index contributed by atoms with van der Waals surface area (Å²) in [5.74, 6) is 0. The minimum atomic E-state index is 0.632. The van der Waals surface area contributed by atoms with Gasteiger partial charge in [-0.1, -0.05) is 5.11 Å². The van der Waals surface area contributed by atoms with Crippen LogP contribution in [0.1, 0.15) is 19.3 Å². The zero-order valence-corrected chi connectivity index (χ0v) is 7.24. The summed E-state index contributed by atoms with van der Waals surface area (Å²) in [5, 5.41) is 3.54. The maximum atomic E-state index is 8.10. The molecule has 1 aliphatic carbocycles. The Labute approximate surface area is 72.2 Å². The lowest BCUT2D eigenvalue weighted by molar-refractivity contribution is 0.329. The first kappa shape index (κ1) is 7.90. The van der Waals surface area contributed by atoms with Crippen LogP contribution in [0.25, 0.3) is 10.4 Å². The molecule has 2 aliphatic rings. The molecule has 0 amide bonds. The van der Waals surface area contributed by atoms with Crippen LogP contribution in [0.2, 0.25) is 0 Å². The summed E-state index contributed by atoms with van der Waals surface area (Å²) in [5.41, 5.74) is 8.80. The highest BCUT2D eigenvalue weighted by Crippen LogP contribution is 2.52. The third kappa shape index (κ3) is 1.54. The van der Waals surface area contributed by atoms with Gasteiger partial charge in [0.15, 0.2) is 0 Å². The Balaban J connectivity index is 1.72. The molecule has 0 radical (unpaired) electrons. The number of rotatable bonds is 3. The predicted molar refractivity (Wildman–Crippen MR) is 46.7 cm³/mol. The van der Waals surface area contributed by atoms with Gasteiger partial charge in [0.1, 0.15) is 0 Å². The summed E-state index contributed by atoms with van der Waals surface area (Å²) >= 11 is 0. The molecular formula is C8H14N4. The van der Waals surface area contributed by atoms with Crippen molar-refractivity contribution in [3.05, 3.63) is 10.4 Å². The number of likely N-dealkylation sites (tertiary alicyclic amines) is 1. The van der Waals surface area contributed by atoms with Crippen molar-refractivity contribution in [3.8, 4) is 0 Å². The van der Waals surface area contributed by atoms with Crippen LogP contribution in [-0.2, 0) is 0 Å². The molecular weight excluding hydrogens is 152 g/mol. The summed E-state index contributed by atoms with van der Waals surface area (Å²) in [4.78, 5) is 5.17. The third-order valence-electron chi connectivity index (χ3n) is 3.05. The zero-order valence-electron chi connectivity index (χ0n) is 7.24. The van der Waals surface area contributed by atoms with E-state index >= 15 is 0 Å². The van der Waals surface area contributed by atoms with Gasteiger partial charge in [-0.15, -0.1) is 0 Å². The molecule has 1 saturated carbocycles. The van der Waals surface area contributed by atoms with Crippen LogP contribution in [0.5, 0.6) is 0 Å². The van der Waals surface area contributed by atoms with Crippen LogP contribution in [0, 0.1) is 5.41 Å². The molecule has 0 aromatic carbocycles. The highest BCUT2D eigenvalue weighted by molar-refractivity contribution is 5.00. The van der Waals surface area contributed by atoms with Gasteiger partial charge in [0.25, 0.3) is 0 Å². The van der Waals surface area contributed by atoms with E-state index in [0.29, 0.717) is 12.0 Å². The van der Waals surface area contributed by atoms with E-state index in [1.807, 2.05) is 0 Å². The van der Waals surface area contributed by atoms with Crippen LogP contribution in [-0.4, -0.2) is 31.1 Å². The Hall–Kier alpha value is -0.730. The Morgan fingerprint density at radius 3 is 2.83 bits per heavy atom. The fraction of sp³-hybridized carbons (Fsp3) is 1.00. The van der Waals surface area contributed by atoms with E-state index in [1.54, 1.807) is 0 Å². The third-order valence-corrected chi connectivity index (χ3v) is 3.05. The van der Waals surface area contributed by atoms with Gasteiger partial charge >= 0.3 is 0 Å². The van der Waals surface area contributed by atoms with E-state index in [9.17, 15) is 0 Å². The van der Waals surface area contributed by atoms with Crippen LogP contribution in [0.15, 0.2) is 5.11 Å². The normalized spacial score (nSPS) is 25.7. The molecule has 0 N–H and O–H groups in total. The minimum Gasteiger partial charge on any atom is -0.303 e. The fourth-order valence-corrected chi connectivity index (χ4v) is 2.03. The summed E-state index contributed by atoms with van der Waals surface area (Å²) in [7, 11) is 0. The summed E-state index contributed by atoms with van der Waals surface area (Å²) in [6, 6.07) is 0. The van der Waals surface area contributed by atoms with Crippen molar-refractivity contribution < 1.29 is 0 Å². The second-order valence-corrected chi connectivity index (χ2v) is 3.98. The van der Waals surface area contributed by atoms with Gasteiger partial charge in [0.2, 0.25) is 0 Å². The molecule has 66 valence electrons. The van der Waals surface area contributed by atoms with Gasteiger partial charge < -0.3 is 4.90 Å². The molecule has 0 aromatic rings. The summed E-state index contributed by atoms with van der Waals surface area (Å²) in [6.07, 6.45) is 4.21. The van der Waals surface area contributed by atoms with Crippen molar-refractivity contribution in [1.82, 2.24) is 4.90 Å². The summed E-state index contributed by atoms with van der Waals surface area (Å²) < 4.78 is 0. The van der Waals surface area contributed by atoms with E-state index in [2.05, 4.69) is 14.9 Å². The molecule has 1 aliphatic heterocycles. The van der Waals surface area contributed by atoms with Gasteiger partial charge in [0.05, 0.1) is 0 Å². The van der Waals surface area contributed by atoms with E-state index in [0.717, 1.165) is 6.54 Å². The van der Waals surface area contributed by atoms with Crippen molar-refractivity contribution in [2.75, 3.05) is 26.2 Å². The van der Waals surface area contributed by atoms with Crippen molar-refractivity contribution in [2.45, 2.75) is 19.3 Å². The predicted octanol–water partition coefficient (Wildman–Crippen LogP) is 1.78. The van der Waals surface area contributed by atoms with Crippen LogP contribution in [0.4, 0.5) is 0 Å². The number of azide groups is 1. The Morgan fingerprint density at radius 2 is 2.25 bits per heavy atom. The molecule has 0 aromatic heterocycles. The van der Waals surface area contributed by atoms with Gasteiger partial charge in [0, 0.05) is 24.5 Å². The standard InChI is InChI=1S/C8H14N4/c9-11-10-4-6-12-5-3-8(7-12)1-2-8/h1-7H2. The lowest BCUT2D eigenvalue weighted by Gasteiger charge is -2.13. The molecule has 0 bridgehead atoms. The second kappa shape index (κ2) is 2.96. The quantitative estimate of drug-likeness (QED) is 0.358. The molecule has 1 heterocycles. The molecule has 12 heavy (non-hydrogen) atoms. The van der Waals surface area contributed by atoms with E-state index < -0.39 is 0 Å². The van der Waals surface area contributed by atoms with Gasteiger partial charge in [-0.2, -0.15) is 0 Å². The van der Waals surface area contributed by atoms with E-state index in [-0.39, 0.29) is 0 Å². The average molecular weight is 166 g/mol. The van der Waals surface area contributed by atoms with Gasteiger partial charge in [-0.25, -0.2) is 0 Å². The second-order valence-electron chi connectivity index (χ2n) is 3.98. The number of hydrogen-bond donors (Lipinski definition) is 0. The van der Waals surface area contributed by atoms with Gasteiger partial charge in [-0.05, 0) is 36.8 Å². The molecule has 1 spiro atoms.